The summed E-state index contributed by atoms with van der Waals surface area (Å²) in [6.07, 6.45) is 3.72. The van der Waals surface area contributed by atoms with Crippen LogP contribution >= 0.6 is 11.8 Å². The molecule has 0 amide bonds. The highest BCUT2D eigenvalue weighted by Gasteiger charge is 2.31. The van der Waals surface area contributed by atoms with Gasteiger partial charge in [0.1, 0.15) is 23.1 Å². The number of thioether (sulfide) groups is 1. The summed E-state index contributed by atoms with van der Waals surface area (Å²) in [5.41, 5.74) is 2.09. The molecular formula is C18H23NO4S. The van der Waals surface area contributed by atoms with Crippen molar-refractivity contribution in [1.82, 2.24) is 4.90 Å². The lowest BCUT2D eigenvalue weighted by atomic mass is 10.0. The van der Waals surface area contributed by atoms with E-state index in [2.05, 4.69) is 17.2 Å². The van der Waals surface area contributed by atoms with Crippen LogP contribution in [-0.4, -0.2) is 49.7 Å². The van der Waals surface area contributed by atoms with Crippen molar-refractivity contribution in [2.24, 2.45) is 0 Å². The average Bonchev–Trinajstić information content (AvgIpc) is 2.98. The molecule has 0 spiro atoms. The van der Waals surface area contributed by atoms with Crippen LogP contribution in [0.15, 0.2) is 22.6 Å². The standard InChI is InChI=1S/C18H23NO4S/c1-21-12-4-5-13-14-6-8-19(11-17(14)23-16(13)10-12)15(7-9-24-3)18(20)22-2/h4-5,10,15H,6-9,11H2,1-3H3/t15-/m0/s1. The van der Waals surface area contributed by atoms with Gasteiger partial charge in [-0.1, -0.05) is 0 Å². The Bertz CT molecular complexity index is 727. The Labute approximate surface area is 146 Å². The highest BCUT2D eigenvalue weighted by molar-refractivity contribution is 7.98. The number of ether oxygens (including phenoxy) is 2. The molecule has 1 aromatic heterocycles. The maximum atomic E-state index is 12.2. The van der Waals surface area contributed by atoms with Crippen LogP contribution in [0, 0.1) is 0 Å². The molecule has 2 aromatic rings. The number of hydrogen-bond acceptors (Lipinski definition) is 6. The third-order valence-corrected chi connectivity index (χ3v) is 5.23. The molecule has 0 saturated carbocycles. The molecule has 130 valence electrons. The molecule has 0 saturated heterocycles. The minimum absolute atomic E-state index is 0.162. The molecular weight excluding hydrogens is 326 g/mol. The molecule has 1 aliphatic rings. The van der Waals surface area contributed by atoms with Crippen molar-refractivity contribution in [2.75, 3.05) is 32.8 Å². The Hall–Kier alpha value is -1.66. The first kappa shape index (κ1) is 17.2. The monoisotopic (exact) mass is 349 g/mol. The number of rotatable bonds is 6. The Morgan fingerprint density at radius 2 is 2.25 bits per heavy atom. The molecule has 0 aliphatic carbocycles. The van der Waals surface area contributed by atoms with Gasteiger partial charge < -0.3 is 13.9 Å². The summed E-state index contributed by atoms with van der Waals surface area (Å²) in [5, 5.41) is 1.14. The second-order valence-corrected chi connectivity index (χ2v) is 6.89. The first-order valence-corrected chi connectivity index (χ1v) is 9.46. The number of methoxy groups -OCH3 is 2. The second kappa shape index (κ2) is 7.49. The molecule has 3 rings (SSSR count). The molecule has 6 heteroatoms. The van der Waals surface area contributed by atoms with Gasteiger partial charge in [0.25, 0.3) is 0 Å². The highest BCUT2D eigenvalue weighted by Crippen LogP contribution is 2.33. The van der Waals surface area contributed by atoms with Crippen molar-refractivity contribution in [2.45, 2.75) is 25.4 Å². The number of carbonyl (C=O) groups is 1. The predicted octanol–water partition coefficient (Wildman–Crippen LogP) is 3.09. The van der Waals surface area contributed by atoms with E-state index < -0.39 is 0 Å². The molecule has 0 bridgehead atoms. The summed E-state index contributed by atoms with van der Waals surface area (Å²) in [5.74, 6) is 2.51. The molecule has 24 heavy (non-hydrogen) atoms. The van der Waals surface area contributed by atoms with Crippen LogP contribution in [0.1, 0.15) is 17.7 Å². The fourth-order valence-electron chi connectivity index (χ4n) is 3.31. The SMILES string of the molecule is COC(=O)[C@H](CCSC)N1CCc2c(oc3cc(OC)ccc23)C1. The summed E-state index contributed by atoms with van der Waals surface area (Å²) in [4.78, 5) is 14.3. The Balaban J connectivity index is 1.85. The van der Waals surface area contributed by atoms with E-state index in [4.69, 9.17) is 13.9 Å². The maximum absolute atomic E-state index is 12.2. The summed E-state index contributed by atoms with van der Waals surface area (Å²) < 4.78 is 16.3. The van der Waals surface area contributed by atoms with Gasteiger partial charge in [-0.15, -0.1) is 0 Å². The number of hydrogen-bond donors (Lipinski definition) is 0. The van der Waals surface area contributed by atoms with Gasteiger partial charge in [-0.3, -0.25) is 9.69 Å². The molecule has 1 aliphatic heterocycles. The lowest BCUT2D eigenvalue weighted by Crippen LogP contribution is -2.44. The fraction of sp³-hybridized carbons (Fsp3) is 0.500. The zero-order valence-electron chi connectivity index (χ0n) is 14.3. The van der Waals surface area contributed by atoms with Crippen molar-refractivity contribution < 1.29 is 18.7 Å². The minimum atomic E-state index is -0.210. The van der Waals surface area contributed by atoms with Crippen LogP contribution < -0.4 is 4.74 Å². The molecule has 0 fully saturated rings. The molecule has 0 radical (unpaired) electrons. The third-order valence-electron chi connectivity index (χ3n) is 4.59. The van der Waals surface area contributed by atoms with Crippen LogP contribution in [0.3, 0.4) is 0 Å². The molecule has 2 heterocycles. The van der Waals surface area contributed by atoms with Crippen molar-refractivity contribution in [1.29, 1.82) is 0 Å². The Kier molecular flexibility index (Phi) is 5.36. The van der Waals surface area contributed by atoms with Gasteiger partial charge in [-0.2, -0.15) is 11.8 Å². The van der Waals surface area contributed by atoms with Crippen molar-refractivity contribution in [3.8, 4) is 5.75 Å². The van der Waals surface area contributed by atoms with E-state index in [9.17, 15) is 4.79 Å². The summed E-state index contributed by atoms with van der Waals surface area (Å²) in [6.45, 7) is 1.47. The molecule has 0 N–H and O–H groups in total. The van der Waals surface area contributed by atoms with Gasteiger partial charge in [0.2, 0.25) is 0 Å². The van der Waals surface area contributed by atoms with E-state index in [0.717, 1.165) is 47.6 Å². The van der Waals surface area contributed by atoms with Crippen LogP contribution in [0.4, 0.5) is 0 Å². The lowest BCUT2D eigenvalue weighted by molar-refractivity contribution is -0.147. The van der Waals surface area contributed by atoms with Gasteiger partial charge in [-0.05, 0) is 37.0 Å². The van der Waals surface area contributed by atoms with Gasteiger partial charge in [0.15, 0.2) is 0 Å². The lowest BCUT2D eigenvalue weighted by Gasteiger charge is -2.32. The predicted molar refractivity (Wildman–Crippen MR) is 95.7 cm³/mol. The van der Waals surface area contributed by atoms with Crippen LogP contribution in [-0.2, 0) is 22.5 Å². The van der Waals surface area contributed by atoms with E-state index in [0.29, 0.717) is 6.54 Å². The number of furan rings is 1. The van der Waals surface area contributed by atoms with Gasteiger partial charge in [-0.25, -0.2) is 0 Å². The van der Waals surface area contributed by atoms with Crippen molar-refractivity contribution >= 4 is 28.7 Å². The van der Waals surface area contributed by atoms with Gasteiger partial charge >= 0.3 is 5.97 Å². The molecule has 5 nitrogen and oxygen atoms in total. The van der Waals surface area contributed by atoms with Crippen LogP contribution in [0.5, 0.6) is 5.75 Å². The van der Waals surface area contributed by atoms with Crippen molar-refractivity contribution in [3.05, 3.63) is 29.5 Å². The van der Waals surface area contributed by atoms with E-state index in [-0.39, 0.29) is 12.0 Å². The number of esters is 1. The molecule has 1 aromatic carbocycles. The number of carbonyl (C=O) groups excluding carboxylic acids is 1. The Morgan fingerprint density at radius 3 is 2.96 bits per heavy atom. The van der Waals surface area contributed by atoms with E-state index in [1.807, 2.05) is 12.1 Å². The smallest absolute Gasteiger partial charge is 0.323 e. The summed E-state index contributed by atoms with van der Waals surface area (Å²) in [6, 6.07) is 5.72. The highest BCUT2D eigenvalue weighted by atomic mass is 32.2. The number of fused-ring (bicyclic) bond motifs is 3. The minimum Gasteiger partial charge on any atom is -0.497 e. The fourth-order valence-corrected chi connectivity index (χ4v) is 3.77. The zero-order valence-corrected chi connectivity index (χ0v) is 15.1. The second-order valence-electron chi connectivity index (χ2n) is 5.91. The zero-order chi connectivity index (χ0) is 17.1. The first-order valence-electron chi connectivity index (χ1n) is 8.07. The van der Waals surface area contributed by atoms with Crippen LogP contribution in [0.2, 0.25) is 0 Å². The number of benzene rings is 1. The van der Waals surface area contributed by atoms with Crippen LogP contribution in [0.25, 0.3) is 11.0 Å². The Morgan fingerprint density at radius 1 is 1.42 bits per heavy atom. The van der Waals surface area contributed by atoms with Gasteiger partial charge in [0, 0.05) is 23.6 Å². The normalized spacial score (nSPS) is 16.0. The van der Waals surface area contributed by atoms with Gasteiger partial charge in [0.05, 0.1) is 20.8 Å². The van der Waals surface area contributed by atoms with Crippen molar-refractivity contribution in [3.63, 3.8) is 0 Å². The quantitative estimate of drug-likeness (QED) is 0.747. The largest absolute Gasteiger partial charge is 0.497 e. The summed E-state index contributed by atoms with van der Waals surface area (Å²) in [7, 11) is 3.11. The topological polar surface area (TPSA) is 51.9 Å². The first-order chi connectivity index (χ1) is 11.7. The number of nitrogens with zero attached hydrogens (tertiary/aromatic N) is 1. The average molecular weight is 349 g/mol. The molecule has 0 unspecified atom stereocenters. The summed E-state index contributed by atoms with van der Waals surface area (Å²) >= 11 is 1.74. The van der Waals surface area contributed by atoms with E-state index in [1.165, 1.54) is 12.7 Å². The van der Waals surface area contributed by atoms with E-state index >= 15 is 0 Å². The molecule has 1 atom stereocenters. The maximum Gasteiger partial charge on any atom is 0.323 e. The van der Waals surface area contributed by atoms with E-state index in [1.54, 1.807) is 18.9 Å². The third kappa shape index (κ3) is 3.26.